The van der Waals surface area contributed by atoms with E-state index in [0.29, 0.717) is 26.2 Å². The van der Waals surface area contributed by atoms with Gasteiger partial charge < -0.3 is 26.4 Å². The molecule has 1 unspecified atom stereocenters. The van der Waals surface area contributed by atoms with Gasteiger partial charge in [0.25, 0.3) is 0 Å². The number of benzene rings is 1. The highest BCUT2D eigenvalue weighted by Crippen LogP contribution is 2.27. The third-order valence-corrected chi connectivity index (χ3v) is 3.55. The Hall–Kier alpha value is -1.99. The fourth-order valence-corrected chi connectivity index (χ4v) is 2.44. The molecule has 0 bridgehead atoms. The van der Waals surface area contributed by atoms with E-state index >= 15 is 0 Å². The van der Waals surface area contributed by atoms with Gasteiger partial charge in [-0.25, -0.2) is 0 Å². The minimum atomic E-state index is -0.876. The second-order valence-corrected chi connectivity index (χ2v) is 5.08. The number of amides is 2. The first-order valence-electron chi connectivity index (χ1n) is 6.84. The third kappa shape index (κ3) is 4.25. The monoisotopic (exact) mass is 328 g/mol. The van der Waals surface area contributed by atoms with Crippen LogP contribution in [-0.2, 0) is 9.59 Å². The number of hydrogen-bond donors (Lipinski definition) is 3. The van der Waals surface area contributed by atoms with Crippen molar-refractivity contribution >= 4 is 29.9 Å². The predicted octanol–water partition coefficient (Wildman–Crippen LogP) is -0.335. The summed E-state index contributed by atoms with van der Waals surface area (Å²) in [5, 5.41) is 9.83. The highest BCUT2D eigenvalue weighted by Gasteiger charge is 2.26. The van der Waals surface area contributed by atoms with E-state index in [-0.39, 0.29) is 30.5 Å². The molecule has 1 aromatic carbocycles. The highest BCUT2D eigenvalue weighted by atomic mass is 35.5. The SMILES string of the molecule is Cl.NC(=O)CC(N)C(=O)N1CCN(c2ccccc2O)CC1. The number of nitrogens with zero attached hydrogens (tertiary/aromatic N) is 2. The maximum atomic E-state index is 12.1. The van der Waals surface area contributed by atoms with Gasteiger partial charge in [-0.2, -0.15) is 0 Å². The molecule has 1 aliphatic rings. The third-order valence-electron chi connectivity index (χ3n) is 3.55. The van der Waals surface area contributed by atoms with Crippen molar-refractivity contribution < 1.29 is 14.7 Å². The molecule has 1 atom stereocenters. The number of carbonyl (C=O) groups excluding carboxylic acids is 2. The summed E-state index contributed by atoms with van der Waals surface area (Å²) in [7, 11) is 0. The number of para-hydroxylation sites is 2. The summed E-state index contributed by atoms with van der Waals surface area (Å²) in [6.45, 7) is 2.21. The van der Waals surface area contributed by atoms with Crippen molar-refractivity contribution in [2.24, 2.45) is 11.5 Å². The summed E-state index contributed by atoms with van der Waals surface area (Å²) >= 11 is 0. The highest BCUT2D eigenvalue weighted by molar-refractivity contribution is 5.87. The Balaban J connectivity index is 0.00000242. The zero-order valence-electron chi connectivity index (χ0n) is 12.1. The average molecular weight is 329 g/mol. The number of phenolic OH excluding ortho intramolecular Hbond substituents is 1. The quantitative estimate of drug-likeness (QED) is 0.700. The van der Waals surface area contributed by atoms with Gasteiger partial charge >= 0.3 is 0 Å². The number of primary amides is 1. The van der Waals surface area contributed by atoms with Gasteiger partial charge in [0.1, 0.15) is 5.75 Å². The number of nitrogens with two attached hydrogens (primary N) is 2. The molecule has 1 heterocycles. The molecule has 0 spiro atoms. The van der Waals surface area contributed by atoms with E-state index in [4.69, 9.17) is 11.5 Å². The van der Waals surface area contributed by atoms with Crippen molar-refractivity contribution in [1.82, 2.24) is 4.90 Å². The second-order valence-electron chi connectivity index (χ2n) is 5.08. The smallest absolute Gasteiger partial charge is 0.240 e. The second kappa shape index (κ2) is 7.86. The normalized spacial score (nSPS) is 15.9. The molecule has 22 heavy (non-hydrogen) atoms. The Bertz CT molecular complexity index is 533. The summed E-state index contributed by atoms with van der Waals surface area (Å²) < 4.78 is 0. The predicted molar refractivity (Wildman–Crippen MR) is 85.9 cm³/mol. The maximum Gasteiger partial charge on any atom is 0.240 e. The number of hydrogen-bond acceptors (Lipinski definition) is 5. The first-order valence-corrected chi connectivity index (χ1v) is 6.84. The van der Waals surface area contributed by atoms with Crippen LogP contribution < -0.4 is 16.4 Å². The Morgan fingerprint density at radius 3 is 2.32 bits per heavy atom. The van der Waals surface area contributed by atoms with Crippen molar-refractivity contribution in [2.75, 3.05) is 31.1 Å². The van der Waals surface area contributed by atoms with Crippen LogP contribution in [0, 0.1) is 0 Å². The largest absolute Gasteiger partial charge is 0.506 e. The van der Waals surface area contributed by atoms with Crippen molar-refractivity contribution in [3.8, 4) is 5.75 Å². The molecule has 2 amide bonds. The summed E-state index contributed by atoms with van der Waals surface area (Å²) in [5.41, 5.74) is 11.5. The fraction of sp³-hybridized carbons (Fsp3) is 0.429. The lowest BCUT2D eigenvalue weighted by Gasteiger charge is -2.37. The van der Waals surface area contributed by atoms with Gasteiger partial charge in [0.15, 0.2) is 0 Å². The first kappa shape index (κ1) is 18.1. The number of phenols is 1. The molecular weight excluding hydrogens is 308 g/mol. The van der Waals surface area contributed by atoms with E-state index in [1.165, 1.54) is 0 Å². The van der Waals surface area contributed by atoms with Crippen LogP contribution in [0.3, 0.4) is 0 Å². The van der Waals surface area contributed by atoms with Crippen LogP contribution in [0.25, 0.3) is 0 Å². The van der Waals surface area contributed by atoms with Crippen LogP contribution >= 0.6 is 12.4 Å². The van der Waals surface area contributed by atoms with Gasteiger partial charge in [0.05, 0.1) is 18.2 Å². The van der Waals surface area contributed by atoms with E-state index in [9.17, 15) is 14.7 Å². The average Bonchev–Trinajstić information content (AvgIpc) is 2.46. The number of aromatic hydroxyl groups is 1. The van der Waals surface area contributed by atoms with E-state index in [1.54, 1.807) is 17.0 Å². The number of piperazine rings is 1. The Morgan fingerprint density at radius 1 is 1.18 bits per heavy atom. The molecule has 2 rings (SSSR count). The van der Waals surface area contributed by atoms with Crippen molar-refractivity contribution in [3.63, 3.8) is 0 Å². The molecule has 0 aromatic heterocycles. The molecule has 1 aliphatic heterocycles. The van der Waals surface area contributed by atoms with Gasteiger partial charge in [0, 0.05) is 26.2 Å². The molecule has 7 nitrogen and oxygen atoms in total. The Labute approximate surface area is 135 Å². The number of anilines is 1. The lowest BCUT2D eigenvalue weighted by molar-refractivity contribution is -0.134. The minimum Gasteiger partial charge on any atom is -0.506 e. The first-order chi connectivity index (χ1) is 9.99. The van der Waals surface area contributed by atoms with E-state index in [0.717, 1.165) is 5.69 Å². The Morgan fingerprint density at radius 2 is 1.77 bits per heavy atom. The minimum absolute atomic E-state index is 0. The summed E-state index contributed by atoms with van der Waals surface area (Å²) in [4.78, 5) is 26.5. The van der Waals surface area contributed by atoms with Crippen LogP contribution in [0.15, 0.2) is 24.3 Å². The topological polar surface area (TPSA) is 113 Å². The van der Waals surface area contributed by atoms with Gasteiger partial charge in [0.2, 0.25) is 11.8 Å². The molecule has 0 saturated carbocycles. The molecule has 0 aliphatic carbocycles. The summed E-state index contributed by atoms with van der Waals surface area (Å²) in [6, 6.07) is 6.22. The zero-order chi connectivity index (χ0) is 15.4. The molecular formula is C14H21ClN4O3. The summed E-state index contributed by atoms with van der Waals surface area (Å²) in [5.74, 6) is -0.614. The lowest BCUT2D eigenvalue weighted by atomic mass is 10.1. The maximum absolute atomic E-state index is 12.1. The van der Waals surface area contributed by atoms with Gasteiger partial charge in [-0.1, -0.05) is 12.1 Å². The van der Waals surface area contributed by atoms with Crippen molar-refractivity contribution in [3.05, 3.63) is 24.3 Å². The summed E-state index contributed by atoms with van der Waals surface area (Å²) in [6.07, 6.45) is -0.140. The number of halogens is 1. The zero-order valence-corrected chi connectivity index (χ0v) is 13.0. The van der Waals surface area contributed by atoms with Crippen LogP contribution in [0.1, 0.15) is 6.42 Å². The number of rotatable bonds is 4. The number of carbonyl (C=O) groups is 2. The van der Waals surface area contributed by atoms with E-state index < -0.39 is 11.9 Å². The Kier molecular flexibility index (Phi) is 6.45. The van der Waals surface area contributed by atoms with E-state index in [1.807, 2.05) is 17.0 Å². The van der Waals surface area contributed by atoms with Crippen LogP contribution in [0.5, 0.6) is 5.75 Å². The van der Waals surface area contributed by atoms with Crippen LogP contribution in [-0.4, -0.2) is 54.0 Å². The van der Waals surface area contributed by atoms with Crippen molar-refractivity contribution in [2.45, 2.75) is 12.5 Å². The fourth-order valence-electron chi connectivity index (χ4n) is 2.44. The molecule has 1 saturated heterocycles. The van der Waals surface area contributed by atoms with Crippen molar-refractivity contribution in [1.29, 1.82) is 0 Å². The van der Waals surface area contributed by atoms with Crippen LogP contribution in [0.4, 0.5) is 5.69 Å². The van der Waals surface area contributed by atoms with Gasteiger partial charge in [-0.05, 0) is 12.1 Å². The van der Waals surface area contributed by atoms with Gasteiger partial charge in [-0.3, -0.25) is 9.59 Å². The molecule has 1 aromatic rings. The molecule has 122 valence electrons. The standard InChI is InChI=1S/C14H20N4O3.ClH/c15-10(9-13(16)20)14(21)18-7-5-17(6-8-18)11-3-1-2-4-12(11)19;/h1-4,10,19H,5-9,15H2,(H2,16,20);1H. The van der Waals surface area contributed by atoms with Crippen LogP contribution in [0.2, 0.25) is 0 Å². The van der Waals surface area contributed by atoms with E-state index in [2.05, 4.69) is 0 Å². The van der Waals surface area contributed by atoms with Gasteiger partial charge in [-0.15, -0.1) is 12.4 Å². The molecule has 0 radical (unpaired) electrons. The molecule has 1 fully saturated rings. The molecule has 8 heteroatoms. The lowest BCUT2D eigenvalue weighted by Crippen LogP contribution is -2.53. The molecule has 5 N–H and O–H groups in total.